The lowest BCUT2D eigenvalue weighted by Crippen LogP contribution is -2.22. The minimum atomic E-state index is 0.724. The van der Waals surface area contributed by atoms with Crippen molar-refractivity contribution in [1.29, 1.82) is 0 Å². The molecule has 0 amide bonds. The summed E-state index contributed by atoms with van der Waals surface area (Å²) in [6.07, 6.45) is 2.37. The topological polar surface area (TPSA) is 3.24 Å². The quantitative estimate of drug-likeness (QED) is 0.655. The lowest BCUT2D eigenvalue weighted by Gasteiger charge is -2.14. The van der Waals surface area contributed by atoms with Crippen LogP contribution in [-0.2, 0) is 6.42 Å². The number of aryl methyl sites for hydroxylation is 1. The Morgan fingerprint density at radius 2 is 1.86 bits per heavy atom. The van der Waals surface area contributed by atoms with E-state index in [9.17, 15) is 0 Å². The molecule has 1 rings (SSSR count). The molecule has 2 heteroatoms. The predicted molar refractivity (Wildman–Crippen MR) is 63.0 cm³/mol. The Morgan fingerprint density at radius 1 is 1.14 bits per heavy atom. The maximum Gasteiger partial charge on any atom is 0.0351 e. The van der Waals surface area contributed by atoms with E-state index < -0.39 is 0 Å². The van der Waals surface area contributed by atoms with E-state index in [1.54, 1.807) is 0 Å². The zero-order valence-electron chi connectivity index (χ0n) is 8.75. The van der Waals surface area contributed by atoms with E-state index in [4.69, 9.17) is 11.6 Å². The molecule has 0 aromatic heterocycles. The molecule has 78 valence electrons. The van der Waals surface area contributed by atoms with Gasteiger partial charge >= 0.3 is 0 Å². The lowest BCUT2D eigenvalue weighted by molar-refractivity contribution is 0.349. The molecule has 0 saturated heterocycles. The van der Waals surface area contributed by atoms with Crippen molar-refractivity contribution in [3.05, 3.63) is 35.9 Å². The fourth-order valence-electron chi connectivity index (χ4n) is 1.45. The zero-order valence-corrected chi connectivity index (χ0v) is 9.50. The molecule has 0 aliphatic heterocycles. The summed E-state index contributed by atoms with van der Waals surface area (Å²) in [4.78, 5) is 2.27. The second-order valence-electron chi connectivity index (χ2n) is 3.58. The van der Waals surface area contributed by atoms with Gasteiger partial charge in [0.05, 0.1) is 0 Å². The summed E-state index contributed by atoms with van der Waals surface area (Å²) >= 11 is 5.65. The lowest BCUT2D eigenvalue weighted by atomic mass is 10.1. The molecule has 0 bridgehead atoms. The molecule has 1 aromatic rings. The van der Waals surface area contributed by atoms with E-state index in [-0.39, 0.29) is 0 Å². The van der Waals surface area contributed by atoms with E-state index in [1.165, 1.54) is 12.0 Å². The van der Waals surface area contributed by atoms with E-state index in [0.717, 1.165) is 25.4 Å². The molecule has 1 nitrogen and oxygen atoms in total. The van der Waals surface area contributed by atoms with Crippen molar-refractivity contribution >= 4 is 11.6 Å². The van der Waals surface area contributed by atoms with Crippen molar-refractivity contribution in [2.45, 2.75) is 12.8 Å². The van der Waals surface area contributed by atoms with Crippen molar-refractivity contribution in [3.8, 4) is 0 Å². The molecule has 0 saturated carbocycles. The van der Waals surface area contributed by atoms with Crippen molar-refractivity contribution in [3.63, 3.8) is 0 Å². The summed E-state index contributed by atoms with van der Waals surface area (Å²) in [7, 11) is 2.12. The normalized spacial score (nSPS) is 10.8. The van der Waals surface area contributed by atoms with E-state index in [2.05, 4.69) is 42.3 Å². The Morgan fingerprint density at radius 3 is 2.50 bits per heavy atom. The summed E-state index contributed by atoms with van der Waals surface area (Å²) in [6.45, 7) is 2.11. The number of hydrogen-bond acceptors (Lipinski definition) is 1. The van der Waals surface area contributed by atoms with Crippen LogP contribution in [0, 0.1) is 0 Å². The highest BCUT2D eigenvalue weighted by Gasteiger charge is 1.97. The molecule has 0 spiro atoms. The summed E-state index contributed by atoms with van der Waals surface area (Å²) in [5.74, 6) is 0.724. The monoisotopic (exact) mass is 211 g/mol. The van der Waals surface area contributed by atoms with E-state index in [0.29, 0.717) is 0 Å². The van der Waals surface area contributed by atoms with Gasteiger partial charge < -0.3 is 4.90 Å². The van der Waals surface area contributed by atoms with Gasteiger partial charge in [0, 0.05) is 12.4 Å². The van der Waals surface area contributed by atoms with Crippen LogP contribution in [0.3, 0.4) is 0 Å². The predicted octanol–water partition coefficient (Wildman–Crippen LogP) is 2.79. The first-order valence-corrected chi connectivity index (χ1v) is 5.65. The third kappa shape index (κ3) is 4.64. The van der Waals surface area contributed by atoms with Gasteiger partial charge in [0.1, 0.15) is 0 Å². The second-order valence-corrected chi connectivity index (χ2v) is 3.96. The number of alkyl halides is 1. The fourth-order valence-corrected chi connectivity index (χ4v) is 1.74. The minimum Gasteiger partial charge on any atom is -0.305 e. The van der Waals surface area contributed by atoms with Crippen LogP contribution in [0.1, 0.15) is 12.0 Å². The Balaban J connectivity index is 2.16. The summed E-state index contributed by atoms with van der Waals surface area (Å²) in [5.41, 5.74) is 1.42. The summed E-state index contributed by atoms with van der Waals surface area (Å²) in [5, 5.41) is 0. The third-order valence-corrected chi connectivity index (χ3v) is 2.48. The van der Waals surface area contributed by atoms with Crippen LogP contribution in [0.2, 0.25) is 0 Å². The fraction of sp³-hybridized carbons (Fsp3) is 0.500. The molecule has 0 atom stereocenters. The number of halogens is 1. The van der Waals surface area contributed by atoms with Crippen LogP contribution in [0.4, 0.5) is 0 Å². The third-order valence-electron chi connectivity index (χ3n) is 2.31. The Hall–Kier alpha value is -0.530. The molecule has 0 heterocycles. The van der Waals surface area contributed by atoms with Crippen LogP contribution in [0.25, 0.3) is 0 Å². The number of benzene rings is 1. The van der Waals surface area contributed by atoms with Gasteiger partial charge in [-0.3, -0.25) is 0 Å². The first kappa shape index (κ1) is 11.5. The Labute approximate surface area is 91.7 Å². The molecular formula is C12H18ClN. The zero-order chi connectivity index (χ0) is 10.2. The van der Waals surface area contributed by atoms with Gasteiger partial charge in [-0.05, 0) is 32.0 Å². The Kier molecular flexibility index (Phi) is 5.65. The van der Waals surface area contributed by atoms with Crippen molar-refractivity contribution < 1.29 is 0 Å². The second kappa shape index (κ2) is 6.86. The highest BCUT2D eigenvalue weighted by atomic mass is 35.5. The van der Waals surface area contributed by atoms with Crippen molar-refractivity contribution in [2.24, 2.45) is 0 Å². The van der Waals surface area contributed by atoms with Crippen LogP contribution < -0.4 is 0 Å². The molecule has 0 aliphatic carbocycles. The SMILES string of the molecule is CN(CCCl)CCCc1ccccc1. The maximum absolute atomic E-state index is 5.65. The van der Waals surface area contributed by atoms with Gasteiger partial charge in [-0.1, -0.05) is 30.3 Å². The highest BCUT2D eigenvalue weighted by Crippen LogP contribution is 2.02. The number of nitrogens with zero attached hydrogens (tertiary/aromatic N) is 1. The summed E-state index contributed by atoms with van der Waals surface area (Å²) < 4.78 is 0. The van der Waals surface area contributed by atoms with Gasteiger partial charge in [-0.2, -0.15) is 0 Å². The van der Waals surface area contributed by atoms with Gasteiger partial charge in [-0.25, -0.2) is 0 Å². The summed E-state index contributed by atoms with van der Waals surface area (Å²) in [6, 6.07) is 10.6. The first-order chi connectivity index (χ1) is 6.83. The first-order valence-electron chi connectivity index (χ1n) is 5.11. The molecule has 0 aliphatic rings. The smallest absolute Gasteiger partial charge is 0.0351 e. The minimum absolute atomic E-state index is 0.724. The molecule has 14 heavy (non-hydrogen) atoms. The maximum atomic E-state index is 5.65. The average Bonchev–Trinajstić information content (AvgIpc) is 2.20. The highest BCUT2D eigenvalue weighted by molar-refractivity contribution is 6.18. The van der Waals surface area contributed by atoms with Gasteiger partial charge in [0.15, 0.2) is 0 Å². The number of hydrogen-bond donors (Lipinski definition) is 0. The van der Waals surface area contributed by atoms with Crippen LogP contribution in [0.15, 0.2) is 30.3 Å². The van der Waals surface area contributed by atoms with Gasteiger partial charge in [0.2, 0.25) is 0 Å². The van der Waals surface area contributed by atoms with Crippen molar-refractivity contribution in [2.75, 3.05) is 26.0 Å². The average molecular weight is 212 g/mol. The standard InChI is InChI=1S/C12H18ClN/c1-14(11-9-13)10-5-8-12-6-3-2-4-7-12/h2-4,6-7H,5,8-11H2,1H3. The molecule has 0 fully saturated rings. The van der Waals surface area contributed by atoms with Crippen molar-refractivity contribution in [1.82, 2.24) is 4.90 Å². The van der Waals surface area contributed by atoms with E-state index in [1.807, 2.05) is 0 Å². The van der Waals surface area contributed by atoms with Crippen LogP contribution in [-0.4, -0.2) is 30.9 Å². The van der Waals surface area contributed by atoms with Crippen LogP contribution >= 0.6 is 11.6 Å². The molecular weight excluding hydrogens is 194 g/mol. The number of rotatable bonds is 6. The Bertz CT molecular complexity index is 235. The largest absolute Gasteiger partial charge is 0.305 e. The van der Waals surface area contributed by atoms with Gasteiger partial charge in [0.25, 0.3) is 0 Å². The van der Waals surface area contributed by atoms with E-state index >= 15 is 0 Å². The molecule has 1 aromatic carbocycles. The molecule has 0 unspecified atom stereocenters. The molecule has 0 radical (unpaired) electrons. The van der Waals surface area contributed by atoms with Crippen LogP contribution in [0.5, 0.6) is 0 Å². The molecule has 0 N–H and O–H groups in total. The van der Waals surface area contributed by atoms with Gasteiger partial charge in [-0.15, -0.1) is 11.6 Å².